The molecule has 0 aromatic carbocycles. The van der Waals surface area contributed by atoms with Crippen molar-refractivity contribution < 1.29 is 14.3 Å². The minimum absolute atomic E-state index is 0.116. The Balaban J connectivity index is 2.56. The van der Waals surface area contributed by atoms with Crippen molar-refractivity contribution in [1.82, 2.24) is 14.3 Å². The van der Waals surface area contributed by atoms with Gasteiger partial charge in [0.15, 0.2) is 0 Å². The van der Waals surface area contributed by atoms with Crippen LogP contribution >= 0.6 is 0 Å². The van der Waals surface area contributed by atoms with Crippen molar-refractivity contribution in [3.8, 4) is 0 Å². The van der Waals surface area contributed by atoms with E-state index in [0.29, 0.717) is 23.5 Å². The smallest absolute Gasteiger partial charge is 0.272 e. The zero-order chi connectivity index (χ0) is 14.0. The Morgan fingerprint density at radius 3 is 2.89 bits per heavy atom. The molecule has 19 heavy (non-hydrogen) atoms. The molecule has 0 aliphatic carbocycles. The van der Waals surface area contributed by atoms with E-state index in [-0.39, 0.29) is 19.1 Å². The van der Waals surface area contributed by atoms with Gasteiger partial charge in [0.2, 0.25) is 0 Å². The van der Waals surface area contributed by atoms with Gasteiger partial charge in [-0.3, -0.25) is 9.20 Å². The highest BCUT2D eigenvalue weighted by Crippen LogP contribution is 2.16. The molecule has 2 aromatic rings. The Morgan fingerprint density at radius 2 is 2.26 bits per heavy atom. The van der Waals surface area contributed by atoms with Crippen LogP contribution in [0.15, 0.2) is 18.3 Å². The maximum absolute atomic E-state index is 13.3. The minimum Gasteiger partial charge on any atom is -0.395 e. The zero-order valence-electron chi connectivity index (χ0n) is 10.9. The molecule has 0 unspecified atom stereocenters. The number of aromatic nitrogens is 2. The molecule has 0 fully saturated rings. The number of aliphatic hydroxyl groups excluding tert-OH is 1. The lowest BCUT2D eigenvalue weighted by atomic mass is 10.2. The number of aryl methyl sites for hydroxylation is 1. The number of fused-ring (bicyclic) bond motifs is 1. The van der Waals surface area contributed by atoms with E-state index in [4.69, 9.17) is 5.11 Å². The van der Waals surface area contributed by atoms with Gasteiger partial charge in [0.25, 0.3) is 5.91 Å². The number of hydrogen-bond donors (Lipinski definition) is 1. The van der Waals surface area contributed by atoms with E-state index in [2.05, 4.69) is 4.98 Å². The summed E-state index contributed by atoms with van der Waals surface area (Å²) in [6, 6.07) is 2.85. The van der Waals surface area contributed by atoms with Crippen molar-refractivity contribution in [3.05, 3.63) is 35.5 Å². The maximum atomic E-state index is 13.3. The highest BCUT2D eigenvalue weighted by atomic mass is 19.1. The third-order valence-electron chi connectivity index (χ3n) is 2.97. The van der Waals surface area contributed by atoms with Gasteiger partial charge in [0.05, 0.1) is 12.3 Å². The summed E-state index contributed by atoms with van der Waals surface area (Å²) in [5.74, 6) is -0.699. The van der Waals surface area contributed by atoms with Gasteiger partial charge in [-0.05, 0) is 18.6 Å². The fourth-order valence-corrected chi connectivity index (χ4v) is 1.97. The molecule has 0 aliphatic heterocycles. The van der Waals surface area contributed by atoms with Crippen LogP contribution in [0.2, 0.25) is 0 Å². The fourth-order valence-electron chi connectivity index (χ4n) is 1.97. The van der Waals surface area contributed by atoms with E-state index >= 15 is 0 Å². The molecule has 0 bridgehead atoms. The van der Waals surface area contributed by atoms with Crippen LogP contribution in [0.1, 0.15) is 23.1 Å². The molecular weight excluding hydrogens is 249 g/mol. The molecule has 1 amide bonds. The number of carbonyl (C=O) groups is 1. The summed E-state index contributed by atoms with van der Waals surface area (Å²) in [5, 5.41) is 8.89. The third-order valence-corrected chi connectivity index (χ3v) is 2.97. The highest BCUT2D eigenvalue weighted by Gasteiger charge is 2.21. The second-order valence-corrected chi connectivity index (χ2v) is 4.29. The van der Waals surface area contributed by atoms with E-state index < -0.39 is 5.82 Å². The summed E-state index contributed by atoms with van der Waals surface area (Å²) in [7, 11) is 1.59. The van der Waals surface area contributed by atoms with E-state index in [9.17, 15) is 9.18 Å². The van der Waals surface area contributed by atoms with Crippen molar-refractivity contribution in [2.24, 2.45) is 0 Å². The van der Waals surface area contributed by atoms with Crippen LogP contribution in [0.5, 0.6) is 0 Å². The monoisotopic (exact) mass is 265 g/mol. The molecular formula is C13H16FN3O2. The topological polar surface area (TPSA) is 57.8 Å². The first-order chi connectivity index (χ1) is 9.08. The van der Waals surface area contributed by atoms with Crippen LogP contribution in [-0.4, -0.2) is 45.5 Å². The minimum atomic E-state index is -0.425. The van der Waals surface area contributed by atoms with Gasteiger partial charge in [-0.15, -0.1) is 0 Å². The third kappa shape index (κ3) is 2.44. The number of nitrogens with zero attached hydrogens (tertiary/aromatic N) is 3. The van der Waals surface area contributed by atoms with Crippen LogP contribution in [0.3, 0.4) is 0 Å². The summed E-state index contributed by atoms with van der Waals surface area (Å²) >= 11 is 0. The molecule has 0 saturated carbocycles. The predicted molar refractivity (Wildman–Crippen MR) is 68.6 cm³/mol. The first-order valence-corrected chi connectivity index (χ1v) is 6.11. The Bertz CT molecular complexity index is 609. The molecule has 1 N–H and O–H groups in total. The van der Waals surface area contributed by atoms with Crippen molar-refractivity contribution in [2.75, 3.05) is 20.2 Å². The van der Waals surface area contributed by atoms with E-state index in [1.807, 2.05) is 6.92 Å². The molecule has 102 valence electrons. The van der Waals surface area contributed by atoms with Crippen LogP contribution in [-0.2, 0) is 6.42 Å². The lowest BCUT2D eigenvalue weighted by molar-refractivity contribution is 0.0759. The number of likely N-dealkylation sites (N-methyl/N-ethyl adjacent to an activating group) is 1. The lowest BCUT2D eigenvalue weighted by Gasteiger charge is -2.16. The average molecular weight is 265 g/mol. The number of imidazole rings is 1. The van der Waals surface area contributed by atoms with E-state index in [1.54, 1.807) is 7.05 Å². The van der Waals surface area contributed by atoms with Crippen molar-refractivity contribution in [3.63, 3.8) is 0 Å². The van der Waals surface area contributed by atoms with Gasteiger partial charge in [0, 0.05) is 19.8 Å². The van der Waals surface area contributed by atoms with Crippen LogP contribution in [0.25, 0.3) is 5.65 Å². The number of halogens is 1. The Labute approximate surface area is 110 Å². The normalized spacial score (nSPS) is 10.9. The van der Waals surface area contributed by atoms with Gasteiger partial charge in [0.1, 0.15) is 17.2 Å². The fraction of sp³-hybridized carbons (Fsp3) is 0.385. The molecule has 0 aliphatic rings. The molecule has 2 aromatic heterocycles. The molecule has 2 rings (SSSR count). The molecule has 0 radical (unpaired) electrons. The summed E-state index contributed by atoms with van der Waals surface area (Å²) < 4.78 is 14.8. The van der Waals surface area contributed by atoms with Crippen molar-refractivity contribution >= 4 is 11.6 Å². The van der Waals surface area contributed by atoms with E-state index in [1.165, 1.54) is 27.6 Å². The summed E-state index contributed by atoms with van der Waals surface area (Å²) in [6.45, 7) is 2.00. The molecule has 0 spiro atoms. The summed E-state index contributed by atoms with van der Waals surface area (Å²) in [5.41, 5.74) is 1.52. The molecule has 0 saturated heterocycles. The van der Waals surface area contributed by atoms with Gasteiger partial charge in [-0.1, -0.05) is 6.92 Å². The number of aliphatic hydroxyl groups is 1. The standard InChI is InChI=1S/C13H16FN3O2/c1-3-10-12(13(19)16(2)6-7-18)17-8-9(14)4-5-11(17)15-10/h4-5,8,18H,3,6-7H2,1-2H3. The molecule has 0 atom stereocenters. The van der Waals surface area contributed by atoms with Crippen LogP contribution in [0.4, 0.5) is 4.39 Å². The predicted octanol–water partition coefficient (Wildman–Crippen LogP) is 1.10. The van der Waals surface area contributed by atoms with Gasteiger partial charge >= 0.3 is 0 Å². The van der Waals surface area contributed by atoms with E-state index in [0.717, 1.165) is 0 Å². The first-order valence-electron chi connectivity index (χ1n) is 6.11. The number of pyridine rings is 1. The Hall–Kier alpha value is -1.95. The van der Waals surface area contributed by atoms with Gasteiger partial charge < -0.3 is 10.0 Å². The highest BCUT2D eigenvalue weighted by molar-refractivity contribution is 5.94. The second kappa shape index (κ2) is 5.36. The van der Waals surface area contributed by atoms with Crippen LogP contribution in [0, 0.1) is 5.82 Å². The zero-order valence-corrected chi connectivity index (χ0v) is 10.9. The summed E-state index contributed by atoms with van der Waals surface area (Å²) in [4.78, 5) is 18.1. The van der Waals surface area contributed by atoms with Gasteiger partial charge in [-0.25, -0.2) is 9.37 Å². The number of carbonyl (C=O) groups excluding carboxylic acids is 1. The average Bonchev–Trinajstić information content (AvgIpc) is 2.75. The van der Waals surface area contributed by atoms with Gasteiger partial charge in [-0.2, -0.15) is 0 Å². The lowest BCUT2D eigenvalue weighted by Crippen LogP contribution is -2.31. The first kappa shape index (κ1) is 13.5. The second-order valence-electron chi connectivity index (χ2n) is 4.29. The number of amides is 1. The van der Waals surface area contributed by atoms with Crippen LogP contribution < -0.4 is 0 Å². The Morgan fingerprint density at radius 1 is 1.53 bits per heavy atom. The Kier molecular flexibility index (Phi) is 3.80. The molecule has 2 heterocycles. The van der Waals surface area contributed by atoms with Crippen molar-refractivity contribution in [1.29, 1.82) is 0 Å². The largest absolute Gasteiger partial charge is 0.395 e. The number of hydrogen-bond acceptors (Lipinski definition) is 3. The quantitative estimate of drug-likeness (QED) is 0.900. The summed E-state index contributed by atoms with van der Waals surface area (Å²) in [6.07, 6.45) is 1.83. The molecule has 6 heteroatoms. The molecule has 5 nitrogen and oxygen atoms in total. The van der Waals surface area contributed by atoms with Crippen molar-refractivity contribution in [2.45, 2.75) is 13.3 Å². The SMILES string of the molecule is CCc1nc2ccc(F)cn2c1C(=O)N(C)CCO. The number of rotatable bonds is 4. The maximum Gasteiger partial charge on any atom is 0.272 e.